The second-order valence-corrected chi connectivity index (χ2v) is 5.37. The van der Waals surface area contributed by atoms with Gasteiger partial charge in [0.2, 0.25) is 0 Å². The van der Waals surface area contributed by atoms with Gasteiger partial charge in [0.15, 0.2) is 0 Å². The first kappa shape index (κ1) is 10.3. The molecule has 1 aliphatic carbocycles. The van der Waals surface area contributed by atoms with Crippen LogP contribution >= 0.6 is 0 Å². The smallest absolute Gasteiger partial charge is 0.143 e. The molecule has 5 rings (SSSR count). The number of rotatable bonds is 0. The number of hydrogen-bond donors (Lipinski definition) is 0. The van der Waals surface area contributed by atoms with E-state index in [9.17, 15) is 0 Å². The van der Waals surface area contributed by atoms with Gasteiger partial charge in [-0.15, -0.1) is 0 Å². The first-order valence-electron chi connectivity index (χ1n) is 6.92. The average Bonchev–Trinajstić information content (AvgIpc) is 2.52. The molecule has 1 heterocycles. The van der Waals surface area contributed by atoms with Crippen molar-refractivity contribution in [3.05, 3.63) is 72.0 Å². The molecule has 1 heteroatoms. The van der Waals surface area contributed by atoms with Crippen LogP contribution in [0.4, 0.5) is 0 Å². The minimum Gasteiger partial charge on any atom is -0.481 e. The van der Waals surface area contributed by atoms with Gasteiger partial charge < -0.3 is 4.74 Å². The lowest BCUT2D eigenvalue weighted by atomic mass is 9.92. The third-order valence-corrected chi connectivity index (χ3v) is 4.28. The minimum absolute atomic E-state index is 0.0508. The van der Waals surface area contributed by atoms with E-state index in [1.807, 2.05) is 0 Å². The summed E-state index contributed by atoms with van der Waals surface area (Å²) in [5.74, 6) is 0.998. The number of fused-ring (bicyclic) bond motifs is 1. The lowest BCUT2D eigenvalue weighted by Gasteiger charge is -2.26. The van der Waals surface area contributed by atoms with E-state index in [2.05, 4.69) is 66.8 Å². The molecule has 20 heavy (non-hydrogen) atoms. The van der Waals surface area contributed by atoms with Crippen LogP contribution in [0.1, 0.15) is 0 Å². The fourth-order valence-corrected chi connectivity index (χ4v) is 3.40. The van der Waals surface area contributed by atoms with Crippen molar-refractivity contribution in [2.75, 3.05) is 0 Å². The maximum absolute atomic E-state index is 6.17. The molecule has 0 fully saturated rings. The van der Waals surface area contributed by atoms with E-state index in [0.29, 0.717) is 0 Å². The number of allylic oxidation sites excluding steroid dienone is 2. The molecule has 3 aromatic carbocycles. The maximum atomic E-state index is 6.17. The molecule has 1 atom stereocenters. The van der Waals surface area contributed by atoms with Crippen molar-refractivity contribution in [3.8, 4) is 5.75 Å². The first-order chi connectivity index (χ1) is 9.92. The third kappa shape index (κ3) is 1.17. The van der Waals surface area contributed by atoms with E-state index in [4.69, 9.17) is 4.74 Å². The second kappa shape index (κ2) is 3.51. The summed E-state index contributed by atoms with van der Waals surface area (Å²) in [5, 5.41) is 6.44. The zero-order chi connectivity index (χ0) is 13.1. The molecule has 0 aromatic heterocycles. The third-order valence-electron chi connectivity index (χ3n) is 4.28. The van der Waals surface area contributed by atoms with Gasteiger partial charge in [-0.1, -0.05) is 54.6 Å². The molecule has 0 radical (unpaired) electrons. The van der Waals surface area contributed by atoms with Crippen molar-refractivity contribution < 1.29 is 4.74 Å². The first-order valence-corrected chi connectivity index (χ1v) is 6.92. The summed E-state index contributed by atoms with van der Waals surface area (Å²) < 4.78 is 6.17. The van der Waals surface area contributed by atoms with Crippen molar-refractivity contribution in [2.45, 2.75) is 6.10 Å². The molecule has 1 nitrogen and oxygen atoms in total. The molecule has 0 spiro atoms. The lowest BCUT2D eigenvalue weighted by molar-refractivity contribution is 0.304. The predicted molar refractivity (Wildman–Crippen MR) is 82.8 cm³/mol. The highest BCUT2D eigenvalue weighted by atomic mass is 16.5. The van der Waals surface area contributed by atoms with Crippen LogP contribution in [0.3, 0.4) is 0 Å². The Kier molecular flexibility index (Phi) is 1.80. The van der Waals surface area contributed by atoms with Gasteiger partial charge in [0.05, 0.1) is 0 Å². The second-order valence-electron chi connectivity index (χ2n) is 5.37. The van der Waals surface area contributed by atoms with Crippen molar-refractivity contribution in [1.82, 2.24) is 0 Å². The summed E-state index contributed by atoms with van der Waals surface area (Å²) in [6.07, 6.45) is 8.47. The molecule has 0 bridgehead atoms. The molecule has 2 aliphatic rings. The van der Waals surface area contributed by atoms with Crippen molar-refractivity contribution in [3.63, 3.8) is 0 Å². The molecule has 0 saturated carbocycles. The highest BCUT2D eigenvalue weighted by Gasteiger charge is 2.22. The number of benzene rings is 3. The molecule has 1 unspecified atom stereocenters. The van der Waals surface area contributed by atoms with Gasteiger partial charge in [0, 0.05) is 16.3 Å². The van der Waals surface area contributed by atoms with Crippen molar-refractivity contribution >= 4 is 27.1 Å². The van der Waals surface area contributed by atoms with Gasteiger partial charge in [0.25, 0.3) is 0 Å². The quantitative estimate of drug-likeness (QED) is 0.595. The molecular weight excluding hydrogens is 244 g/mol. The van der Waals surface area contributed by atoms with Crippen molar-refractivity contribution in [2.24, 2.45) is 0 Å². The van der Waals surface area contributed by atoms with Crippen LogP contribution < -0.4 is 9.96 Å². The summed E-state index contributed by atoms with van der Waals surface area (Å²) in [5.41, 5.74) is 1.26. The number of hydrogen-bond acceptors (Lipinski definition) is 1. The highest BCUT2D eigenvalue weighted by molar-refractivity contribution is 6.13. The fraction of sp³-hybridized carbons (Fsp3) is 0.0526. The molecule has 1 aliphatic heterocycles. The Bertz CT molecular complexity index is 960. The summed E-state index contributed by atoms with van der Waals surface area (Å²) >= 11 is 0. The summed E-state index contributed by atoms with van der Waals surface area (Å²) in [6, 6.07) is 15.2. The Labute approximate surface area is 116 Å². The van der Waals surface area contributed by atoms with Gasteiger partial charge >= 0.3 is 0 Å². The van der Waals surface area contributed by atoms with Gasteiger partial charge in [-0.25, -0.2) is 0 Å². The minimum atomic E-state index is 0.0508. The molecule has 94 valence electrons. The molecular formula is C19H12O. The lowest BCUT2D eigenvalue weighted by Crippen LogP contribution is -2.27. The van der Waals surface area contributed by atoms with Gasteiger partial charge in [0.1, 0.15) is 11.9 Å². The van der Waals surface area contributed by atoms with Gasteiger partial charge in [-0.05, 0) is 28.1 Å². The molecule has 0 N–H and O–H groups in total. The Hall–Kier alpha value is -2.54. The summed E-state index contributed by atoms with van der Waals surface area (Å²) in [7, 11) is 0. The Morgan fingerprint density at radius 3 is 2.55 bits per heavy atom. The molecule has 3 aromatic rings. The average molecular weight is 256 g/mol. The van der Waals surface area contributed by atoms with E-state index in [0.717, 1.165) is 5.75 Å². The normalized spacial score (nSPS) is 19.4. The Morgan fingerprint density at radius 1 is 0.800 bits per heavy atom. The van der Waals surface area contributed by atoms with Gasteiger partial charge in [-0.2, -0.15) is 0 Å². The van der Waals surface area contributed by atoms with E-state index in [1.165, 1.54) is 32.3 Å². The zero-order valence-corrected chi connectivity index (χ0v) is 10.8. The molecule has 0 amide bonds. The van der Waals surface area contributed by atoms with Crippen LogP contribution in [0.2, 0.25) is 0 Å². The van der Waals surface area contributed by atoms with E-state index in [1.54, 1.807) is 0 Å². The topological polar surface area (TPSA) is 9.23 Å². The summed E-state index contributed by atoms with van der Waals surface area (Å²) in [4.78, 5) is 0. The highest BCUT2D eigenvalue weighted by Crippen LogP contribution is 2.35. The Morgan fingerprint density at radius 2 is 1.65 bits per heavy atom. The van der Waals surface area contributed by atoms with Crippen molar-refractivity contribution in [1.29, 1.82) is 0 Å². The van der Waals surface area contributed by atoms with Crippen LogP contribution in [0.5, 0.6) is 5.75 Å². The largest absolute Gasteiger partial charge is 0.481 e. The van der Waals surface area contributed by atoms with Crippen LogP contribution in [0, 0.1) is 0 Å². The van der Waals surface area contributed by atoms with Crippen LogP contribution in [-0.4, -0.2) is 6.10 Å². The standard InChI is InChI=1S/C19H12O/c1-2-7-16-14(6-1)15-10-8-12-4-3-5-13-9-11-17(20-16)19(15)18(12)13/h1-11,16H. The maximum Gasteiger partial charge on any atom is 0.143 e. The van der Waals surface area contributed by atoms with Crippen LogP contribution in [0.25, 0.3) is 27.1 Å². The number of ether oxygens (including phenoxy) is 1. The monoisotopic (exact) mass is 256 g/mol. The van der Waals surface area contributed by atoms with Crippen LogP contribution in [0.15, 0.2) is 66.8 Å². The van der Waals surface area contributed by atoms with E-state index in [-0.39, 0.29) is 6.10 Å². The SMILES string of the molecule is C1=CC2=c3ccc4cccc5ccc(c3c54)OC2C=C1. The Balaban J connectivity index is 2.11. The summed E-state index contributed by atoms with van der Waals surface area (Å²) in [6.45, 7) is 0. The predicted octanol–water partition coefficient (Wildman–Crippen LogP) is 3.75. The van der Waals surface area contributed by atoms with Crippen LogP contribution in [-0.2, 0) is 0 Å². The van der Waals surface area contributed by atoms with Gasteiger partial charge in [-0.3, -0.25) is 0 Å². The van der Waals surface area contributed by atoms with E-state index < -0.39 is 0 Å². The van der Waals surface area contributed by atoms with E-state index >= 15 is 0 Å². The molecule has 0 saturated heterocycles. The fourth-order valence-electron chi connectivity index (χ4n) is 3.40. The zero-order valence-electron chi connectivity index (χ0n) is 10.8.